The Bertz CT molecular complexity index is 1120. The molecule has 2 aromatic heterocycles. The minimum atomic E-state index is -3.97. The van der Waals surface area contributed by atoms with Crippen molar-refractivity contribution >= 4 is 33.7 Å². The maximum Gasteiger partial charge on any atom is 0.387 e. The van der Waals surface area contributed by atoms with Gasteiger partial charge in [-0.3, -0.25) is 3.97 Å². The van der Waals surface area contributed by atoms with E-state index in [1.54, 1.807) is 6.07 Å². The van der Waals surface area contributed by atoms with Gasteiger partial charge in [-0.05, 0) is 12.1 Å². The first-order valence-corrected chi connectivity index (χ1v) is 9.77. The van der Waals surface area contributed by atoms with E-state index in [1.165, 1.54) is 42.6 Å². The number of aromatic nitrogens is 3. The molecule has 0 aliphatic heterocycles. The van der Waals surface area contributed by atoms with Gasteiger partial charge in [-0.2, -0.15) is 8.78 Å². The zero-order valence-electron chi connectivity index (χ0n) is 14.7. The van der Waals surface area contributed by atoms with Crippen LogP contribution in [0.25, 0.3) is 11.0 Å². The van der Waals surface area contributed by atoms with Crippen LogP contribution in [0.2, 0.25) is 0 Å². The molecular weight excluding hydrogens is 416 g/mol. The zero-order chi connectivity index (χ0) is 20.5. The van der Waals surface area contributed by atoms with E-state index in [0.717, 1.165) is 0 Å². The molecule has 3 aromatic rings. The Balaban J connectivity index is 2.00. The minimum Gasteiger partial charge on any atom is -0.492 e. The number of nitrogens with zero attached hydrogens (tertiary/aromatic N) is 2. The number of pyridine rings is 1. The zero-order valence-corrected chi connectivity index (χ0v) is 16.3. The average Bonchev–Trinajstić information content (AvgIpc) is 3.07. The lowest BCUT2D eigenvalue weighted by atomic mass is 10.3. The molecule has 0 saturated carbocycles. The first-order chi connectivity index (χ1) is 13.2. The lowest BCUT2D eigenvalue weighted by molar-refractivity contribution is -0.502. The van der Waals surface area contributed by atoms with Crippen LogP contribution < -0.4 is 18.2 Å². The van der Waals surface area contributed by atoms with Gasteiger partial charge in [-0.15, -0.1) is 0 Å². The quantitative estimate of drug-likeness (QED) is 0.450. The fourth-order valence-electron chi connectivity index (χ4n) is 2.59. The number of imidazole rings is 1. The molecule has 0 spiro atoms. The third-order valence-corrected chi connectivity index (χ3v) is 5.59. The molecule has 12 heteroatoms. The van der Waals surface area contributed by atoms with Crippen LogP contribution in [0.15, 0.2) is 35.6 Å². The van der Waals surface area contributed by atoms with E-state index in [-0.39, 0.29) is 27.9 Å². The van der Waals surface area contributed by atoms with Crippen LogP contribution in [0, 0.1) is 0 Å². The van der Waals surface area contributed by atoms with E-state index < -0.39 is 22.2 Å². The Morgan fingerprint density at radius 2 is 2.00 bits per heavy atom. The molecule has 28 heavy (non-hydrogen) atoms. The molecule has 0 bridgehead atoms. The number of nitrogens with one attached hydrogen (secondary N) is 1. The number of hydrogen-bond acceptors (Lipinski definition) is 7. The molecule has 2 heterocycles. The van der Waals surface area contributed by atoms with Crippen LogP contribution in [-0.4, -0.2) is 39.2 Å². The van der Waals surface area contributed by atoms with Crippen LogP contribution in [0.1, 0.15) is 5.69 Å². The van der Waals surface area contributed by atoms with Gasteiger partial charge >= 0.3 is 6.61 Å². The van der Waals surface area contributed by atoms with Gasteiger partial charge in [0.2, 0.25) is 26.4 Å². The van der Waals surface area contributed by atoms with E-state index in [0.29, 0.717) is 11.3 Å². The Morgan fingerprint density at radius 3 is 2.64 bits per heavy atom. The largest absolute Gasteiger partial charge is 0.492 e. The number of aromatic amines is 1. The summed E-state index contributed by atoms with van der Waals surface area (Å²) >= 11 is 5.15. The summed E-state index contributed by atoms with van der Waals surface area (Å²) < 4.78 is 66.3. The van der Waals surface area contributed by atoms with Gasteiger partial charge in [-0.1, -0.05) is 0 Å². The fourth-order valence-corrected chi connectivity index (χ4v) is 4.15. The maximum absolute atomic E-state index is 12.9. The number of H-pyrrole nitrogens is 1. The average molecular weight is 431 g/mol. The summed E-state index contributed by atoms with van der Waals surface area (Å²) in [5.74, 6) is -0.132. The molecule has 1 N–H and O–H groups in total. The molecular formula is C16H15F2N3O5S2. The Kier molecular flexibility index (Phi) is 5.52. The molecule has 0 unspecified atom stereocenters. The normalized spacial score (nSPS) is 11.8. The smallest absolute Gasteiger partial charge is 0.387 e. The molecule has 0 amide bonds. The summed E-state index contributed by atoms with van der Waals surface area (Å²) in [6, 6.07) is 5.45. The standard InChI is InChI=1S/C16H15F2N3O5S2/c1-24-13-5-6-21(27)12(14(13)25-2)8-28(22,23)16-19-10-4-3-9(26-15(17)18)7-11(10)20-16/h3-7,15H,8H2,1-2H3,(H,19,20). The molecule has 0 aliphatic carbocycles. The number of fused-ring (bicyclic) bond motifs is 1. The number of methoxy groups -OCH3 is 2. The summed E-state index contributed by atoms with van der Waals surface area (Å²) in [7, 11) is -1.18. The van der Waals surface area contributed by atoms with Crippen molar-refractivity contribution < 1.29 is 35.4 Å². The number of ether oxygens (including phenoxy) is 3. The van der Waals surface area contributed by atoms with Crippen molar-refractivity contribution in [2.24, 2.45) is 0 Å². The fraction of sp³-hybridized carbons (Fsp3) is 0.250. The lowest BCUT2D eigenvalue weighted by Gasteiger charge is -2.13. The number of sulfone groups is 1. The van der Waals surface area contributed by atoms with Crippen molar-refractivity contribution in [3.63, 3.8) is 0 Å². The molecule has 0 fully saturated rings. The highest BCUT2D eigenvalue weighted by Crippen LogP contribution is 2.30. The van der Waals surface area contributed by atoms with E-state index in [4.69, 9.17) is 22.3 Å². The van der Waals surface area contributed by atoms with E-state index >= 15 is 0 Å². The first-order valence-electron chi connectivity index (χ1n) is 7.75. The third kappa shape index (κ3) is 3.92. The van der Waals surface area contributed by atoms with Gasteiger partial charge in [0.25, 0.3) is 0 Å². The van der Waals surface area contributed by atoms with Gasteiger partial charge in [0.15, 0.2) is 11.9 Å². The molecule has 8 nitrogen and oxygen atoms in total. The summed E-state index contributed by atoms with van der Waals surface area (Å²) in [5, 5.41) is -0.337. The number of halogens is 2. The summed E-state index contributed by atoms with van der Waals surface area (Å²) in [6.45, 7) is -3.00. The second kappa shape index (κ2) is 7.72. The SMILES string of the molecule is COc1cc[n+]([S-])c(CS(=O)(=O)c2nc3cc(OC(F)F)ccc3[nH]2)c1OC. The van der Waals surface area contributed by atoms with Crippen molar-refractivity contribution in [3.8, 4) is 17.2 Å². The highest BCUT2D eigenvalue weighted by molar-refractivity contribution is 7.90. The van der Waals surface area contributed by atoms with Crippen LogP contribution in [0.4, 0.5) is 8.78 Å². The Labute approximate surface area is 164 Å². The summed E-state index contributed by atoms with van der Waals surface area (Å²) in [5.41, 5.74) is 0.698. The van der Waals surface area contributed by atoms with Crippen LogP contribution in [0.3, 0.4) is 0 Å². The van der Waals surface area contributed by atoms with Crippen LogP contribution >= 0.6 is 0 Å². The summed E-state index contributed by atoms with van der Waals surface area (Å²) in [6.07, 6.45) is 1.47. The number of hydrogen-bond donors (Lipinski definition) is 1. The van der Waals surface area contributed by atoms with Crippen molar-refractivity contribution in [2.45, 2.75) is 17.5 Å². The van der Waals surface area contributed by atoms with Gasteiger partial charge in [0.1, 0.15) is 11.5 Å². The third-order valence-electron chi connectivity index (χ3n) is 3.82. The van der Waals surface area contributed by atoms with Crippen molar-refractivity contribution in [1.29, 1.82) is 0 Å². The maximum atomic E-state index is 12.9. The van der Waals surface area contributed by atoms with Gasteiger partial charge in [0.05, 0.1) is 25.3 Å². The Hall–Kier alpha value is -2.73. The topological polar surface area (TPSA) is 94.4 Å². The Morgan fingerprint density at radius 1 is 1.25 bits per heavy atom. The first kappa shape index (κ1) is 20.0. The van der Waals surface area contributed by atoms with Gasteiger partial charge < -0.3 is 32.0 Å². The van der Waals surface area contributed by atoms with E-state index in [2.05, 4.69) is 14.7 Å². The number of benzene rings is 1. The number of rotatable bonds is 7. The predicted octanol–water partition coefficient (Wildman–Crippen LogP) is 1.75. The molecule has 1 aromatic carbocycles. The lowest BCUT2D eigenvalue weighted by Crippen LogP contribution is -2.34. The predicted molar refractivity (Wildman–Crippen MR) is 96.1 cm³/mol. The van der Waals surface area contributed by atoms with Gasteiger partial charge in [-0.25, -0.2) is 13.4 Å². The molecule has 0 radical (unpaired) electrons. The second-order valence-electron chi connectivity index (χ2n) is 5.55. The van der Waals surface area contributed by atoms with Crippen molar-refractivity contribution in [2.75, 3.05) is 14.2 Å². The molecule has 0 aliphatic rings. The monoisotopic (exact) mass is 431 g/mol. The van der Waals surface area contributed by atoms with Crippen molar-refractivity contribution in [1.82, 2.24) is 9.97 Å². The number of alkyl halides is 2. The molecule has 0 saturated heterocycles. The molecule has 150 valence electrons. The highest BCUT2D eigenvalue weighted by Gasteiger charge is 2.28. The van der Waals surface area contributed by atoms with E-state index in [1.807, 2.05) is 0 Å². The van der Waals surface area contributed by atoms with Crippen LogP contribution in [-0.2, 0) is 28.4 Å². The van der Waals surface area contributed by atoms with Gasteiger partial charge in [0, 0.05) is 12.1 Å². The second-order valence-corrected chi connectivity index (χ2v) is 7.85. The van der Waals surface area contributed by atoms with Crippen LogP contribution in [0.5, 0.6) is 17.2 Å². The highest BCUT2D eigenvalue weighted by atomic mass is 32.2. The molecule has 3 rings (SSSR count). The molecule has 0 atom stereocenters. The van der Waals surface area contributed by atoms with E-state index in [9.17, 15) is 17.2 Å². The summed E-state index contributed by atoms with van der Waals surface area (Å²) in [4.78, 5) is 6.66. The van der Waals surface area contributed by atoms with Crippen molar-refractivity contribution in [3.05, 3.63) is 36.2 Å². The minimum absolute atomic E-state index is 0.129.